The van der Waals surface area contributed by atoms with E-state index < -0.39 is 0 Å². The Balaban J connectivity index is 1.60. The van der Waals surface area contributed by atoms with E-state index >= 15 is 0 Å². The van der Waals surface area contributed by atoms with Crippen LogP contribution in [0.25, 0.3) is 0 Å². The van der Waals surface area contributed by atoms with Gasteiger partial charge in [0.25, 0.3) is 0 Å². The van der Waals surface area contributed by atoms with Crippen molar-refractivity contribution in [2.75, 3.05) is 53.6 Å². The quantitative estimate of drug-likeness (QED) is 0.465. The molecule has 0 saturated carbocycles. The standard InChI is InChI=1S/C22H35ClN4O2/c1-24-21(26-15-22(8-11-28)9-12-29-16-22)25-14-18-6-4-10-27(2)20(18)17-5-3-7-19(23)13-17/h3,5,7,13,18,20,28H,4,6,8-12,14-16H2,1-2H3,(H2,24,25,26). The van der Waals surface area contributed by atoms with E-state index in [1.54, 1.807) is 7.05 Å². The topological polar surface area (TPSA) is 69.1 Å². The second-order valence-electron chi connectivity index (χ2n) is 8.47. The van der Waals surface area contributed by atoms with Gasteiger partial charge in [0, 0.05) is 49.8 Å². The number of aliphatic imine (C=N–C) groups is 1. The van der Waals surface area contributed by atoms with Crippen LogP contribution < -0.4 is 10.6 Å². The number of nitrogens with one attached hydrogen (secondary N) is 2. The first kappa shape index (κ1) is 22.3. The highest BCUT2D eigenvalue weighted by Gasteiger charge is 2.35. The van der Waals surface area contributed by atoms with Crippen molar-refractivity contribution >= 4 is 17.6 Å². The molecule has 1 aromatic rings. The van der Waals surface area contributed by atoms with Gasteiger partial charge < -0.3 is 20.5 Å². The number of piperidine rings is 1. The van der Waals surface area contributed by atoms with Gasteiger partial charge in [-0.05, 0) is 62.9 Å². The molecule has 2 aliphatic rings. The Morgan fingerprint density at radius 1 is 1.41 bits per heavy atom. The first-order valence-electron chi connectivity index (χ1n) is 10.7. The van der Waals surface area contributed by atoms with Crippen molar-refractivity contribution in [3.8, 4) is 0 Å². The number of ether oxygens (including phenoxy) is 1. The number of hydrogen-bond donors (Lipinski definition) is 3. The van der Waals surface area contributed by atoms with Crippen LogP contribution in [0.15, 0.2) is 29.3 Å². The van der Waals surface area contributed by atoms with Crippen molar-refractivity contribution in [1.82, 2.24) is 15.5 Å². The monoisotopic (exact) mass is 422 g/mol. The Kier molecular flexibility index (Phi) is 8.18. The molecule has 6 nitrogen and oxygen atoms in total. The van der Waals surface area contributed by atoms with E-state index in [4.69, 9.17) is 16.3 Å². The van der Waals surface area contributed by atoms with Crippen molar-refractivity contribution < 1.29 is 9.84 Å². The number of halogens is 1. The number of aliphatic hydroxyl groups is 1. The molecular formula is C22H35ClN4O2. The highest BCUT2D eigenvalue weighted by molar-refractivity contribution is 6.30. The third kappa shape index (κ3) is 5.85. The SMILES string of the molecule is CN=C(NCC1CCCN(C)C1c1cccc(Cl)c1)NCC1(CCO)CCOC1. The van der Waals surface area contributed by atoms with Gasteiger partial charge in [0.05, 0.1) is 6.61 Å². The third-order valence-corrected chi connectivity index (χ3v) is 6.65. The molecule has 3 atom stereocenters. The molecule has 3 rings (SSSR count). The summed E-state index contributed by atoms with van der Waals surface area (Å²) in [4.78, 5) is 6.85. The van der Waals surface area contributed by atoms with Crippen LogP contribution in [-0.4, -0.2) is 69.5 Å². The van der Waals surface area contributed by atoms with Gasteiger partial charge in [0.2, 0.25) is 0 Å². The van der Waals surface area contributed by atoms with E-state index in [2.05, 4.69) is 39.7 Å². The van der Waals surface area contributed by atoms with Gasteiger partial charge in [-0.15, -0.1) is 0 Å². The summed E-state index contributed by atoms with van der Waals surface area (Å²) in [6.45, 7) is 4.36. The van der Waals surface area contributed by atoms with Crippen molar-refractivity contribution in [3.63, 3.8) is 0 Å². The van der Waals surface area contributed by atoms with E-state index in [0.29, 0.717) is 18.6 Å². The molecule has 7 heteroatoms. The molecular weight excluding hydrogens is 388 g/mol. The lowest BCUT2D eigenvalue weighted by molar-refractivity contribution is 0.121. The molecule has 0 bridgehead atoms. The van der Waals surface area contributed by atoms with Crippen LogP contribution in [0, 0.1) is 11.3 Å². The summed E-state index contributed by atoms with van der Waals surface area (Å²) in [6, 6.07) is 8.58. The molecule has 0 aromatic heterocycles. The van der Waals surface area contributed by atoms with Crippen molar-refractivity contribution in [3.05, 3.63) is 34.9 Å². The van der Waals surface area contributed by atoms with Crippen LogP contribution >= 0.6 is 11.6 Å². The first-order chi connectivity index (χ1) is 14.1. The van der Waals surface area contributed by atoms with Crippen molar-refractivity contribution in [2.45, 2.75) is 31.7 Å². The minimum Gasteiger partial charge on any atom is -0.396 e. The molecule has 29 heavy (non-hydrogen) atoms. The molecule has 2 saturated heterocycles. The Hall–Kier alpha value is -1.34. The number of nitrogens with zero attached hydrogens (tertiary/aromatic N) is 2. The van der Waals surface area contributed by atoms with Gasteiger partial charge >= 0.3 is 0 Å². The van der Waals surface area contributed by atoms with E-state index in [-0.39, 0.29) is 12.0 Å². The van der Waals surface area contributed by atoms with E-state index in [9.17, 15) is 5.11 Å². The molecule has 3 unspecified atom stereocenters. The lowest BCUT2D eigenvalue weighted by atomic mass is 9.84. The number of benzene rings is 1. The van der Waals surface area contributed by atoms with Gasteiger partial charge in [-0.25, -0.2) is 0 Å². The molecule has 0 aliphatic carbocycles. The maximum Gasteiger partial charge on any atom is 0.191 e. The molecule has 3 N–H and O–H groups in total. The maximum atomic E-state index is 9.43. The summed E-state index contributed by atoms with van der Waals surface area (Å²) >= 11 is 6.26. The minimum atomic E-state index is 0.000743. The Morgan fingerprint density at radius 3 is 2.97 bits per heavy atom. The molecule has 0 radical (unpaired) electrons. The fourth-order valence-corrected chi connectivity index (χ4v) is 4.92. The maximum absolute atomic E-state index is 9.43. The third-order valence-electron chi connectivity index (χ3n) is 6.41. The van der Waals surface area contributed by atoms with E-state index in [0.717, 1.165) is 50.1 Å². The number of aliphatic hydroxyl groups excluding tert-OH is 1. The summed E-state index contributed by atoms with van der Waals surface area (Å²) in [6.07, 6.45) is 4.10. The zero-order chi connectivity index (χ0) is 20.7. The Labute approximate surface area is 179 Å². The van der Waals surface area contributed by atoms with Crippen LogP contribution in [0.4, 0.5) is 0 Å². The number of hydrogen-bond acceptors (Lipinski definition) is 4. The fraction of sp³-hybridized carbons (Fsp3) is 0.682. The normalized spacial score (nSPS) is 28.5. The molecule has 0 amide bonds. The molecule has 2 heterocycles. The molecule has 0 spiro atoms. The fourth-order valence-electron chi connectivity index (χ4n) is 4.72. The van der Waals surface area contributed by atoms with Crippen molar-refractivity contribution in [1.29, 1.82) is 0 Å². The Morgan fingerprint density at radius 2 is 2.28 bits per heavy atom. The average molecular weight is 423 g/mol. The van der Waals surface area contributed by atoms with Gasteiger partial charge in [0.15, 0.2) is 5.96 Å². The second-order valence-corrected chi connectivity index (χ2v) is 8.90. The summed E-state index contributed by atoms with van der Waals surface area (Å²) in [5.74, 6) is 1.29. The summed E-state index contributed by atoms with van der Waals surface area (Å²) in [5, 5.41) is 17.2. The van der Waals surface area contributed by atoms with E-state index in [1.807, 2.05) is 12.1 Å². The number of guanidine groups is 1. The van der Waals surface area contributed by atoms with Gasteiger partial charge in [-0.2, -0.15) is 0 Å². The molecule has 2 aliphatic heterocycles. The minimum absolute atomic E-state index is 0.000743. The van der Waals surface area contributed by atoms with Gasteiger partial charge in [0.1, 0.15) is 0 Å². The smallest absolute Gasteiger partial charge is 0.191 e. The zero-order valence-electron chi connectivity index (χ0n) is 17.7. The lowest BCUT2D eigenvalue weighted by Crippen LogP contribution is -2.47. The van der Waals surface area contributed by atoms with Crippen LogP contribution in [-0.2, 0) is 4.74 Å². The van der Waals surface area contributed by atoms with Gasteiger partial charge in [-0.1, -0.05) is 23.7 Å². The molecule has 162 valence electrons. The second kappa shape index (κ2) is 10.6. The highest BCUT2D eigenvalue weighted by Crippen LogP contribution is 2.35. The van der Waals surface area contributed by atoms with E-state index in [1.165, 1.54) is 18.4 Å². The van der Waals surface area contributed by atoms with Crippen LogP contribution in [0.5, 0.6) is 0 Å². The largest absolute Gasteiger partial charge is 0.396 e. The van der Waals surface area contributed by atoms with Crippen LogP contribution in [0.2, 0.25) is 5.02 Å². The highest BCUT2D eigenvalue weighted by atomic mass is 35.5. The van der Waals surface area contributed by atoms with Gasteiger partial charge in [-0.3, -0.25) is 9.89 Å². The lowest BCUT2D eigenvalue weighted by Gasteiger charge is -2.40. The number of rotatable bonds is 7. The van der Waals surface area contributed by atoms with Crippen LogP contribution in [0.3, 0.4) is 0 Å². The average Bonchev–Trinajstić information content (AvgIpc) is 3.17. The van der Waals surface area contributed by atoms with Crippen molar-refractivity contribution in [2.24, 2.45) is 16.3 Å². The molecule has 1 aromatic carbocycles. The Bertz CT molecular complexity index is 679. The predicted octanol–water partition coefficient (Wildman–Crippen LogP) is 2.68. The molecule has 2 fully saturated rings. The number of likely N-dealkylation sites (tertiary alicyclic amines) is 1. The first-order valence-corrected chi connectivity index (χ1v) is 11.0. The summed E-state index contributed by atoms with van der Waals surface area (Å²) in [7, 11) is 4.00. The van der Waals surface area contributed by atoms with Crippen LogP contribution in [0.1, 0.15) is 37.3 Å². The summed E-state index contributed by atoms with van der Waals surface area (Å²) in [5.41, 5.74) is 1.28. The predicted molar refractivity (Wildman–Crippen MR) is 118 cm³/mol. The summed E-state index contributed by atoms with van der Waals surface area (Å²) < 4.78 is 5.59. The zero-order valence-corrected chi connectivity index (χ0v) is 18.4.